The van der Waals surface area contributed by atoms with Crippen molar-refractivity contribution < 1.29 is 76.2 Å². The number of rotatable bonds is 37. The lowest BCUT2D eigenvalue weighted by molar-refractivity contribution is -0.378. The third-order valence-electron chi connectivity index (χ3n) is 20.4. The molecule has 0 amide bonds. The molecule has 0 bridgehead atoms. The van der Waals surface area contributed by atoms with E-state index in [1.54, 1.807) is 6.08 Å². The second-order valence-electron chi connectivity index (χ2n) is 29.2. The van der Waals surface area contributed by atoms with E-state index < -0.39 is 111 Å². The van der Waals surface area contributed by atoms with Gasteiger partial charge < -0.3 is 76.2 Å². The Labute approximate surface area is 648 Å². The zero-order valence-electron chi connectivity index (χ0n) is 62.8. The van der Waals surface area contributed by atoms with Crippen LogP contribution < -0.4 is 10.4 Å². The highest BCUT2D eigenvalue weighted by atomic mass is 28.4. The first kappa shape index (κ1) is 79.6. The molecule has 17 heteroatoms. The van der Waals surface area contributed by atoms with Crippen LogP contribution in [0, 0.1) is 0 Å². The summed E-state index contributed by atoms with van der Waals surface area (Å²) in [5, 5.41) is 28.9. The molecule has 2 saturated heterocycles. The largest absolute Gasteiger partial charge is 0.405 e. The first-order valence-electron chi connectivity index (χ1n) is 38.2. The number of hydrogen-bond donors (Lipinski definition) is 2. The number of aliphatic hydroxyl groups excluding tert-OH is 2. The summed E-state index contributed by atoms with van der Waals surface area (Å²) in [5.74, 6) is 0. The molecule has 2 aliphatic heterocycles. The Hall–Kier alpha value is -8.48. The maximum Gasteiger partial charge on any atom is 0.261 e. The Morgan fingerprint density at radius 2 is 0.555 bits per heavy atom. The molecule has 0 aromatic heterocycles. The molecule has 10 aromatic carbocycles. The van der Waals surface area contributed by atoms with Crippen molar-refractivity contribution >= 4 is 18.7 Å². The average molecular weight is 1500 g/mol. The Morgan fingerprint density at radius 1 is 0.309 bits per heavy atom. The van der Waals surface area contributed by atoms with Gasteiger partial charge >= 0.3 is 0 Å². The van der Waals surface area contributed by atoms with E-state index in [2.05, 4.69) is 75.9 Å². The number of hydrogen-bond acceptors (Lipinski definition) is 16. The van der Waals surface area contributed by atoms with Crippen molar-refractivity contribution in [3.8, 4) is 0 Å². The van der Waals surface area contributed by atoms with Gasteiger partial charge in [-0.1, -0.05) is 330 Å². The van der Waals surface area contributed by atoms with Crippen LogP contribution in [0.25, 0.3) is 0 Å². The molecule has 10 aromatic rings. The highest BCUT2D eigenvalue weighted by Gasteiger charge is 2.61. The summed E-state index contributed by atoms with van der Waals surface area (Å²) in [6.45, 7) is 11.7. The fourth-order valence-corrected chi connectivity index (χ4v) is 19.5. The second kappa shape index (κ2) is 40.1. The topological polar surface area (TPSA) is 170 Å². The van der Waals surface area contributed by atoms with Crippen LogP contribution in [0.5, 0.6) is 0 Å². The molecule has 16 nitrogen and oxygen atoms in total. The molecule has 2 N–H and O–H groups in total. The Kier molecular flexibility index (Phi) is 29.0. The molecule has 574 valence electrons. The third kappa shape index (κ3) is 20.8. The van der Waals surface area contributed by atoms with Crippen LogP contribution in [-0.2, 0) is 119 Å². The smallest absolute Gasteiger partial charge is 0.261 e. The molecular formula is C93H102O16Si. The molecular weight excluding hydrogens is 1400 g/mol. The van der Waals surface area contributed by atoms with Gasteiger partial charge in [-0.05, 0) is 59.9 Å². The van der Waals surface area contributed by atoms with Crippen molar-refractivity contribution in [3.05, 3.63) is 360 Å². The van der Waals surface area contributed by atoms with Crippen LogP contribution in [0.4, 0.5) is 0 Å². The van der Waals surface area contributed by atoms with Crippen molar-refractivity contribution in [1.82, 2.24) is 0 Å². The number of ether oxygens (including phenoxy) is 13. The minimum Gasteiger partial charge on any atom is -0.405 e. The van der Waals surface area contributed by atoms with Crippen LogP contribution >= 0.6 is 0 Å². The molecule has 0 radical (unpaired) electrons. The molecule has 0 spiro atoms. The zero-order valence-corrected chi connectivity index (χ0v) is 63.8. The first-order valence-corrected chi connectivity index (χ1v) is 40.1. The Morgan fingerprint density at radius 3 is 0.845 bits per heavy atom. The van der Waals surface area contributed by atoms with Crippen LogP contribution in [0.3, 0.4) is 0 Å². The normalized spacial score (nSPS) is 25.0. The van der Waals surface area contributed by atoms with Crippen molar-refractivity contribution in [2.75, 3.05) is 19.8 Å². The van der Waals surface area contributed by atoms with Crippen molar-refractivity contribution in [3.63, 3.8) is 0 Å². The maximum atomic E-state index is 13.7. The summed E-state index contributed by atoms with van der Waals surface area (Å²) >= 11 is 0. The van der Waals surface area contributed by atoms with E-state index in [0.717, 1.165) is 54.9 Å². The van der Waals surface area contributed by atoms with Crippen LogP contribution in [0.15, 0.2) is 316 Å². The fourth-order valence-electron chi connectivity index (χ4n) is 14.9. The lowest BCUT2D eigenvalue weighted by atomic mass is 9.83. The average Bonchev–Trinajstić information content (AvgIpc) is 0.749. The second-order valence-corrected chi connectivity index (χ2v) is 33.5. The SMILES string of the molecule is C=CCO[C@@H]1C(O[C@@H]2OC(COCc3ccccc3)[C@@H](OCc3ccccc3)[C@H](OCc3ccccc3)C2O)C(OCc2ccccc2)[C@@H](OCc2ccccc2)[C@H](OCc2ccccc2)C1O[C@H]1OC(CO[Si](c2ccccc2)(c2ccccc2)C(C)(C)C)[C@@H](OCc2ccccc2)C(OCc2ccccc2)[C@H]1O. The predicted molar refractivity (Wildman–Crippen MR) is 424 cm³/mol. The predicted octanol–water partition coefficient (Wildman–Crippen LogP) is 14.4. The lowest BCUT2D eigenvalue weighted by Gasteiger charge is -2.53. The van der Waals surface area contributed by atoms with Crippen molar-refractivity contribution in [2.45, 2.75) is 177 Å². The summed E-state index contributed by atoms with van der Waals surface area (Å²) in [7, 11) is -3.34. The van der Waals surface area contributed by atoms with Crippen molar-refractivity contribution in [1.29, 1.82) is 0 Å². The van der Waals surface area contributed by atoms with Gasteiger partial charge in [0.1, 0.15) is 85.5 Å². The van der Waals surface area contributed by atoms with E-state index in [4.69, 9.17) is 66.0 Å². The van der Waals surface area contributed by atoms with E-state index >= 15 is 0 Å². The van der Waals surface area contributed by atoms with Gasteiger partial charge in [0.15, 0.2) is 12.6 Å². The summed E-state index contributed by atoms with van der Waals surface area (Å²) < 4.78 is 102. The van der Waals surface area contributed by atoms with E-state index in [1.165, 1.54) is 0 Å². The van der Waals surface area contributed by atoms with Gasteiger partial charge in [0.05, 0.1) is 72.7 Å². The molecule has 1 saturated carbocycles. The number of aliphatic hydroxyl groups is 2. The summed E-state index contributed by atoms with van der Waals surface area (Å²) in [5.41, 5.74) is 7.04. The molecule has 1 aliphatic carbocycles. The van der Waals surface area contributed by atoms with Gasteiger partial charge in [-0.15, -0.1) is 6.58 Å². The van der Waals surface area contributed by atoms with E-state index in [-0.39, 0.29) is 72.7 Å². The molecule has 110 heavy (non-hydrogen) atoms. The number of benzene rings is 10. The first-order chi connectivity index (χ1) is 54.0. The van der Waals surface area contributed by atoms with Gasteiger partial charge in [0, 0.05) is 0 Å². The quantitative estimate of drug-likeness (QED) is 0.0278. The zero-order chi connectivity index (χ0) is 75.8. The van der Waals surface area contributed by atoms with Gasteiger partial charge in [-0.3, -0.25) is 0 Å². The van der Waals surface area contributed by atoms with Gasteiger partial charge in [0.25, 0.3) is 8.32 Å². The minimum absolute atomic E-state index is 0.00746. The minimum atomic E-state index is -3.34. The van der Waals surface area contributed by atoms with Gasteiger partial charge in [0.2, 0.25) is 0 Å². The van der Waals surface area contributed by atoms with Crippen molar-refractivity contribution in [2.24, 2.45) is 0 Å². The highest BCUT2D eigenvalue weighted by Crippen LogP contribution is 2.43. The molecule has 7 unspecified atom stereocenters. The van der Waals surface area contributed by atoms with E-state index in [0.29, 0.717) is 0 Å². The van der Waals surface area contributed by atoms with Crippen LogP contribution in [0.2, 0.25) is 5.04 Å². The monoisotopic (exact) mass is 1500 g/mol. The third-order valence-corrected chi connectivity index (χ3v) is 25.4. The standard InChI is InChI=1S/C93H102O16Si/c1-5-56-97-88-89(108-91-79(94)83(100-60-70-42-22-9-23-43-70)81(98-58-68-38-18-7-19-39-68)77(106-91)65-96-57-67-36-16-6-17-37-67)86(103-63-73-48-28-12-29-49-73)85(102-62-72-46-26-11-27-47-72)87(104-64-74-50-30-13-31-51-74)90(88)109-92-80(95)84(101-61-71-44-24-10-25-45-71)82(99-59-69-40-20-8-21-41-69)78(107-92)66-105-110(93(2,3)4,75-52-32-14-33-53-75)76-54-34-15-35-55-76/h5-55,77-92,94-95H,1,56-66H2,2-4H3/t77?,78?,79?,80-,81-,82-,83-,84?,85-,86?,87+,88-,89?,90?,91+,92-/m1/s1. The summed E-state index contributed by atoms with van der Waals surface area (Å²) in [4.78, 5) is 0. The highest BCUT2D eigenvalue weighted by molar-refractivity contribution is 6.99. The fraction of sp³-hybridized carbons (Fsp3) is 0.333. The summed E-state index contributed by atoms with van der Waals surface area (Å²) in [6, 6.07) is 99.6. The summed E-state index contributed by atoms with van der Waals surface area (Å²) in [6.07, 6.45) is -17.9. The van der Waals surface area contributed by atoms with Gasteiger partial charge in [-0.25, -0.2) is 0 Å². The Balaban J connectivity index is 0.953. The Bertz CT molecular complexity index is 4200. The molecule has 2 heterocycles. The molecule has 13 rings (SSSR count). The molecule has 16 atom stereocenters. The maximum absolute atomic E-state index is 13.7. The lowest BCUT2D eigenvalue weighted by Crippen LogP contribution is -2.71. The van der Waals surface area contributed by atoms with Crippen LogP contribution in [0.1, 0.15) is 65.3 Å². The van der Waals surface area contributed by atoms with E-state index in [1.807, 2.05) is 255 Å². The van der Waals surface area contributed by atoms with Gasteiger partial charge in [-0.2, -0.15) is 0 Å². The van der Waals surface area contributed by atoms with E-state index in [9.17, 15) is 10.2 Å². The van der Waals surface area contributed by atoms with Crippen LogP contribution in [-0.4, -0.2) is 136 Å². The molecule has 3 fully saturated rings. The molecule has 3 aliphatic rings.